The maximum Gasteiger partial charge on any atom is 0.249 e. The first-order valence-electron chi connectivity index (χ1n) is 12.8. The monoisotopic (exact) mass is 552 g/mol. The van der Waals surface area contributed by atoms with Crippen LogP contribution in [0.1, 0.15) is 62.4 Å². The Bertz CT molecular complexity index is 1260. The highest BCUT2D eigenvalue weighted by Crippen LogP contribution is 2.49. The van der Waals surface area contributed by atoms with E-state index in [1.807, 2.05) is 30.3 Å². The van der Waals surface area contributed by atoms with E-state index in [0.29, 0.717) is 22.4 Å². The Morgan fingerprint density at radius 2 is 1.70 bits per heavy atom. The van der Waals surface area contributed by atoms with Crippen LogP contribution in [0.5, 0.6) is 0 Å². The summed E-state index contributed by atoms with van der Waals surface area (Å²) in [6.45, 7) is 8.55. The van der Waals surface area contributed by atoms with Crippen molar-refractivity contribution in [2.45, 2.75) is 63.6 Å². The molecule has 1 aliphatic heterocycles. The Labute approximate surface area is 235 Å². The average Bonchev–Trinajstić information content (AvgIpc) is 2.85. The molecule has 1 N–H and O–H groups in total. The van der Waals surface area contributed by atoms with Gasteiger partial charge in [0.25, 0.3) is 0 Å². The number of carbonyl (C=O) groups is 1. The second kappa shape index (κ2) is 12.5. The summed E-state index contributed by atoms with van der Waals surface area (Å²) in [6, 6.07) is 24.1. The number of aryl methyl sites for hydroxylation is 1. The SMILES string of the molecule is Cc1ccccc1SN1C(c2ccc(Cl)cc2)CC=C(C(=O)NC(C)CC(C)C)C1c1cccc(Cl)c1. The summed E-state index contributed by atoms with van der Waals surface area (Å²) in [7, 11) is 0. The van der Waals surface area contributed by atoms with Crippen LogP contribution in [0.15, 0.2) is 89.3 Å². The zero-order valence-electron chi connectivity index (χ0n) is 21.7. The first-order chi connectivity index (χ1) is 17.7. The lowest BCUT2D eigenvalue weighted by Gasteiger charge is -2.41. The summed E-state index contributed by atoms with van der Waals surface area (Å²) >= 11 is 14.4. The van der Waals surface area contributed by atoms with Gasteiger partial charge in [0.2, 0.25) is 5.91 Å². The predicted octanol–water partition coefficient (Wildman–Crippen LogP) is 8.97. The van der Waals surface area contributed by atoms with E-state index in [9.17, 15) is 4.79 Å². The molecule has 1 aliphatic rings. The number of nitrogens with zero attached hydrogens (tertiary/aromatic N) is 1. The quantitative estimate of drug-likeness (QED) is 0.283. The lowest BCUT2D eigenvalue weighted by molar-refractivity contribution is -0.118. The molecule has 3 aromatic rings. The minimum absolute atomic E-state index is 0.0249. The normalized spacial score (nSPS) is 18.9. The summed E-state index contributed by atoms with van der Waals surface area (Å²) in [4.78, 5) is 14.9. The molecule has 1 amide bonds. The van der Waals surface area contributed by atoms with E-state index in [2.05, 4.69) is 85.9 Å². The van der Waals surface area contributed by atoms with Crippen molar-refractivity contribution in [3.8, 4) is 0 Å². The topological polar surface area (TPSA) is 32.3 Å². The molecule has 4 rings (SSSR count). The van der Waals surface area contributed by atoms with E-state index in [4.69, 9.17) is 23.2 Å². The van der Waals surface area contributed by atoms with Gasteiger partial charge in [0.05, 0.1) is 12.1 Å². The molecule has 3 aromatic carbocycles. The Morgan fingerprint density at radius 3 is 2.38 bits per heavy atom. The maximum atomic E-state index is 13.7. The van der Waals surface area contributed by atoms with Gasteiger partial charge < -0.3 is 5.32 Å². The van der Waals surface area contributed by atoms with Crippen molar-refractivity contribution in [2.75, 3.05) is 0 Å². The van der Waals surface area contributed by atoms with Crippen LogP contribution in [0, 0.1) is 12.8 Å². The molecule has 6 heteroatoms. The molecular formula is C31H34Cl2N2OS. The fraction of sp³-hybridized carbons (Fsp3) is 0.323. The van der Waals surface area contributed by atoms with E-state index < -0.39 is 0 Å². The molecule has 0 fully saturated rings. The van der Waals surface area contributed by atoms with Gasteiger partial charge in [0.1, 0.15) is 0 Å². The van der Waals surface area contributed by atoms with Gasteiger partial charge in [-0.3, -0.25) is 4.79 Å². The van der Waals surface area contributed by atoms with Crippen LogP contribution in [0.3, 0.4) is 0 Å². The Kier molecular flexibility index (Phi) is 9.41. The van der Waals surface area contributed by atoms with Crippen molar-refractivity contribution >= 4 is 41.1 Å². The molecule has 3 unspecified atom stereocenters. The molecular weight excluding hydrogens is 519 g/mol. The summed E-state index contributed by atoms with van der Waals surface area (Å²) in [6.07, 6.45) is 3.74. The summed E-state index contributed by atoms with van der Waals surface area (Å²) in [5.41, 5.74) is 4.09. The molecule has 0 aliphatic carbocycles. The number of amides is 1. The lowest BCUT2D eigenvalue weighted by Crippen LogP contribution is -2.41. The fourth-order valence-corrected chi connectivity index (χ4v) is 6.50. The third-order valence-corrected chi connectivity index (χ3v) is 8.42. The highest BCUT2D eigenvalue weighted by atomic mass is 35.5. The first kappa shape index (κ1) is 27.8. The molecule has 0 saturated carbocycles. The smallest absolute Gasteiger partial charge is 0.249 e. The summed E-state index contributed by atoms with van der Waals surface area (Å²) in [5.74, 6) is 0.477. The first-order valence-corrected chi connectivity index (χ1v) is 14.3. The van der Waals surface area contributed by atoms with E-state index in [0.717, 1.165) is 28.0 Å². The Hall–Kier alpha value is -2.24. The highest BCUT2D eigenvalue weighted by Gasteiger charge is 2.38. The van der Waals surface area contributed by atoms with Crippen LogP contribution < -0.4 is 5.32 Å². The van der Waals surface area contributed by atoms with E-state index in [-0.39, 0.29) is 24.0 Å². The number of rotatable bonds is 8. The van der Waals surface area contributed by atoms with E-state index >= 15 is 0 Å². The van der Waals surface area contributed by atoms with Gasteiger partial charge in [-0.05, 0) is 91.6 Å². The minimum Gasteiger partial charge on any atom is -0.350 e. The van der Waals surface area contributed by atoms with Crippen molar-refractivity contribution in [3.05, 3.63) is 111 Å². The van der Waals surface area contributed by atoms with Crippen LogP contribution in [0.4, 0.5) is 0 Å². The molecule has 37 heavy (non-hydrogen) atoms. The van der Waals surface area contributed by atoms with Gasteiger partial charge in [-0.25, -0.2) is 4.31 Å². The minimum atomic E-state index is -0.288. The second-order valence-electron chi connectivity index (χ2n) is 10.1. The van der Waals surface area contributed by atoms with Crippen LogP contribution in [0.2, 0.25) is 10.0 Å². The Morgan fingerprint density at radius 1 is 0.973 bits per heavy atom. The van der Waals surface area contributed by atoms with Crippen molar-refractivity contribution < 1.29 is 4.79 Å². The van der Waals surface area contributed by atoms with E-state index in [1.165, 1.54) is 5.56 Å². The highest BCUT2D eigenvalue weighted by molar-refractivity contribution is 7.97. The number of benzene rings is 3. The second-order valence-corrected chi connectivity index (χ2v) is 12.1. The molecule has 1 heterocycles. The maximum absolute atomic E-state index is 13.7. The number of halogens is 2. The number of hydrogen-bond donors (Lipinski definition) is 1. The van der Waals surface area contributed by atoms with Crippen LogP contribution in [-0.4, -0.2) is 16.3 Å². The van der Waals surface area contributed by atoms with Crippen LogP contribution in [-0.2, 0) is 4.79 Å². The van der Waals surface area contributed by atoms with E-state index in [1.54, 1.807) is 11.9 Å². The zero-order valence-corrected chi connectivity index (χ0v) is 24.1. The van der Waals surface area contributed by atoms with Crippen LogP contribution in [0.25, 0.3) is 0 Å². The van der Waals surface area contributed by atoms with Gasteiger partial charge in [0.15, 0.2) is 0 Å². The largest absolute Gasteiger partial charge is 0.350 e. The fourth-order valence-electron chi connectivity index (χ4n) is 4.92. The molecule has 3 nitrogen and oxygen atoms in total. The van der Waals surface area contributed by atoms with Gasteiger partial charge in [0, 0.05) is 26.6 Å². The third-order valence-electron chi connectivity index (χ3n) is 6.60. The summed E-state index contributed by atoms with van der Waals surface area (Å²) < 4.78 is 2.36. The molecule has 0 spiro atoms. The van der Waals surface area contributed by atoms with Crippen molar-refractivity contribution in [3.63, 3.8) is 0 Å². The molecule has 3 atom stereocenters. The van der Waals surface area contributed by atoms with Gasteiger partial charge in [-0.1, -0.05) is 85.6 Å². The number of hydrogen-bond acceptors (Lipinski definition) is 3. The number of nitrogens with one attached hydrogen (secondary N) is 1. The van der Waals surface area contributed by atoms with Gasteiger partial charge in [-0.2, -0.15) is 0 Å². The Balaban J connectivity index is 1.81. The summed E-state index contributed by atoms with van der Waals surface area (Å²) in [5, 5.41) is 4.62. The average molecular weight is 554 g/mol. The molecule has 0 saturated heterocycles. The van der Waals surface area contributed by atoms with Gasteiger partial charge >= 0.3 is 0 Å². The standard InChI is InChI=1S/C31H34Cl2N2OS/c1-20(2)18-22(4)34-31(36)27-16-17-28(23-12-14-25(32)15-13-23)35(37-29-11-6-5-8-21(29)3)30(27)24-9-7-10-26(33)19-24/h5-16,19-20,22,28,30H,17-18H2,1-4H3,(H,34,36). The third kappa shape index (κ3) is 7.00. The predicted molar refractivity (Wildman–Crippen MR) is 157 cm³/mol. The molecule has 0 radical (unpaired) electrons. The molecule has 194 valence electrons. The number of carbonyl (C=O) groups excluding carboxylic acids is 1. The van der Waals surface area contributed by atoms with Crippen molar-refractivity contribution in [1.82, 2.24) is 9.62 Å². The van der Waals surface area contributed by atoms with Crippen LogP contribution >= 0.6 is 35.1 Å². The molecule has 0 aromatic heterocycles. The molecule has 0 bridgehead atoms. The zero-order chi connectivity index (χ0) is 26.5. The van der Waals surface area contributed by atoms with Gasteiger partial charge in [-0.15, -0.1) is 0 Å². The lowest BCUT2D eigenvalue weighted by atomic mass is 9.88. The van der Waals surface area contributed by atoms with Crippen molar-refractivity contribution in [1.29, 1.82) is 0 Å². The van der Waals surface area contributed by atoms with Crippen molar-refractivity contribution in [2.24, 2.45) is 5.92 Å².